The van der Waals surface area contributed by atoms with Crippen LogP contribution in [0.15, 0.2) is 102 Å². The number of benzene rings is 4. The van der Waals surface area contributed by atoms with Crippen molar-refractivity contribution >= 4 is 50.5 Å². The molecule has 4 aromatic carbocycles. The summed E-state index contributed by atoms with van der Waals surface area (Å²) in [7, 11) is -3.82. The lowest BCUT2D eigenvalue weighted by molar-refractivity contribution is -0.384. The van der Waals surface area contributed by atoms with Gasteiger partial charge < -0.3 is 5.32 Å². The monoisotopic (exact) mass is 542 g/mol. The number of hydrogen-bond donors (Lipinski definition) is 2. The highest BCUT2D eigenvalue weighted by atomic mass is 32.2. The first kappa shape index (κ1) is 25.3. The van der Waals surface area contributed by atoms with Crippen molar-refractivity contribution in [3.63, 3.8) is 0 Å². The molecule has 0 radical (unpaired) electrons. The fourth-order valence-electron chi connectivity index (χ4n) is 4.01. The molecule has 1 heterocycles. The Morgan fingerprint density at radius 1 is 0.769 bits per heavy atom. The SMILES string of the molecule is O=C(Nc1ccc2c(c1)C(=O)N(c1ccc(NS(=O)(=O)c3ccccc3)cc1)C2=O)c1cccc([N+](=O)[O-])c1. The van der Waals surface area contributed by atoms with Gasteiger partial charge in [0.1, 0.15) is 0 Å². The number of nitro groups is 1. The van der Waals surface area contributed by atoms with Crippen molar-refractivity contribution in [1.29, 1.82) is 0 Å². The molecular formula is C27H18N4O7S. The van der Waals surface area contributed by atoms with Crippen molar-refractivity contribution in [2.45, 2.75) is 4.90 Å². The summed E-state index contributed by atoms with van der Waals surface area (Å²) in [5.74, 6) is -1.83. The molecule has 0 aliphatic carbocycles. The summed E-state index contributed by atoms with van der Waals surface area (Å²) in [6.45, 7) is 0. The van der Waals surface area contributed by atoms with Crippen LogP contribution in [0.3, 0.4) is 0 Å². The second kappa shape index (κ2) is 9.84. The molecule has 0 aromatic heterocycles. The third-order valence-electron chi connectivity index (χ3n) is 5.89. The van der Waals surface area contributed by atoms with E-state index >= 15 is 0 Å². The van der Waals surface area contributed by atoms with Gasteiger partial charge in [0.15, 0.2) is 0 Å². The molecule has 0 spiro atoms. The molecule has 0 atom stereocenters. The van der Waals surface area contributed by atoms with Crippen molar-refractivity contribution in [2.75, 3.05) is 14.9 Å². The maximum atomic E-state index is 13.1. The van der Waals surface area contributed by atoms with Gasteiger partial charge in [0, 0.05) is 29.1 Å². The largest absolute Gasteiger partial charge is 0.322 e. The van der Waals surface area contributed by atoms with Crippen molar-refractivity contribution in [1.82, 2.24) is 0 Å². The van der Waals surface area contributed by atoms with Crippen LogP contribution in [0.5, 0.6) is 0 Å². The van der Waals surface area contributed by atoms with Gasteiger partial charge in [-0.25, -0.2) is 13.3 Å². The summed E-state index contributed by atoms with van der Waals surface area (Å²) < 4.78 is 27.5. The van der Waals surface area contributed by atoms with Gasteiger partial charge in [0.25, 0.3) is 33.4 Å². The second-order valence-corrected chi connectivity index (χ2v) is 10.1. The maximum Gasteiger partial charge on any atom is 0.270 e. The highest BCUT2D eigenvalue weighted by Crippen LogP contribution is 2.31. The van der Waals surface area contributed by atoms with Crippen LogP contribution in [-0.4, -0.2) is 31.1 Å². The van der Waals surface area contributed by atoms with Crippen LogP contribution in [0.25, 0.3) is 0 Å². The van der Waals surface area contributed by atoms with Gasteiger partial charge in [-0.3, -0.25) is 29.2 Å². The first-order valence-corrected chi connectivity index (χ1v) is 12.9. The molecule has 12 heteroatoms. The van der Waals surface area contributed by atoms with Crippen LogP contribution in [0.1, 0.15) is 31.1 Å². The van der Waals surface area contributed by atoms with E-state index in [0.29, 0.717) is 0 Å². The van der Waals surface area contributed by atoms with Crippen molar-refractivity contribution in [2.24, 2.45) is 0 Å². The van der Waals surface area contributed by atoms with E-state index in [1.54, 1.807) is 18.2 Å². The fraction of sp³-hybridized carbons (Fsp3) is 0. The number of non-ortho nitro benzene ring substituents is 1. The molecule has 194 valence electrons. The molecule has 1 aliphatic rings. The molecule has 1 aliphatic heterocycles. The molecule has 11 nitrogen and oxygen atoms in total. The number of rotatable bonds is 7. The predicted octanol–water partition coefficient (Wildman–Crippen LogP) is 4.45. The number of nitro benzene ring substituents is 1. The topological polar surface area (TPSA) is 156 Å². The molecule has 0 saturated carbocycles. The Bertz CT molecular complexity index is 1750. The minimum Gasteiger partial charge on any atom is -0.322 e. The predicted molar refractivity (Wildman–Crippen MR) is 142 cm³/mol. The summed E-state index contributed by atoms with van der Waals surface area (Å²) >= 11 is 0. The van der Waals surface area contributed by atoms with E-state index in [0.717, 1.165) is 11.0 Å². The molecular weight excluding hydrogens is 524 g/mol. The third kappa shape index (κ3) is 4.95. The quantitative estimate of drug-likeness (QED) is 0.199. The number of carbonyl (C=O) groups is 3. The standard InChI is InChI=1S/C27H18N4O7S/c32-25(17-5-4-6-21(15-17)31(35)36)28-19-11-14-23-24(16-19)27(34)30(26(23)33)20-12-9-18(10-13-20)29-39(37,38)22-7-2-1-3-8-22/h1-16,29H,(H,28,32). The molecule has 2 N–H and O–H groups in total. The molecule has 0 saturated heterocycles. The smallest absolute Gasteiger partial charge is 0.270 e. The zero-order valence-corrected chi connectivity index (χ0v) is 20.7. The molecule has 0 unspecified atom stereocenters. The summed E-state index contributed by atoms with van der Waals surface area (Å²) in [6.07, 6.45) is 0. The number of carbonyl (C=O) groups excluding carboxylic acids is 3. The lowest BCUT2D eigenvalue weighted by Gasteiger charge is -2.15. The number of nitrogens with zero attached hydrogens (tertiary/aromatic N) is 2. The summed E-state index contributed by atoms with van der Waals surface area (Å²) in [5.41, 5.74) is 0.687. The van der Waals surface area contributed by atoms with Gasteiger partial charge in [-0.2, -0.15) is 0 Å². The van der Waals surface area contributed by atoms with Gasteiger partial charge in [0.05, 0.1) is 26.6 Å². The Kier molecular flexibility index (Phi) is 6.38. The van der Waals surface area contributed by atoms with E-state index in [1.807, 2.05) is 0 Å². The highest BCUT2D eigenvalue weighted by Gasteiger charge is 2.37. The number of imide groups is 1. The Morgan fingerprint density at radius 2 is 1.44 bits per heavy atom. The van der Waals surface area contributed by atoms with Crippen molar-refractivity contribution < 1.29 is 27.7 Å². The Morgan fingerprint density at radius 3 is 2.13 bits per heavy atom. The van der Waals surface area contributed by atoms with Crippen LogP contribution in [0, 0.1) is 10.1 Å². The maximum absolute atomic E-state index is 13.1. The summed E-state index contributed by atoms with van der Waals surface area (Å²) in [5, 5.41) is 13.6. The van der Waals surface area contributed by atoms with Crippen LogP contribution in [0.4, 0.5) is 22.7 Å². The average Bonchev–Trinajstić information content (AvgIpc) is 3.18. The number of amides is 3. The lowest BCUT2D eigenvalue weighted by Crippen LogP contribution is -2.29. The molecule has 5 rings (SSSR count). The zero-order valence-electron chi connectivity index (χ0n) is 19.9. The van der Waals surface area contributed by atoms with Crippen LogP contribution < -0.4 is 14.9 Å². The van der Waals surface area contributed by atoms with Crippen LogP contribution >= 0.6 is 0 Å². The molecule has 4 aromatic rings. The average molecular weight is 543 g/mol. The zero-order chi connectivity index (χ0) is 27.7. The van der Waals surface area contributed by atoms with Gasteiger partial charge in [-0.15, -0.1) is 0 Å². The second-order valence-electron chi connectivity index (χ2n) is 8.43. The van der Waals surface area contributed by atoms with Gasteiger partial charge in [-0.05, 0) is 60.7 Å². The van der Waals surface area contributed by atoms with E-state index < -0.39 is 32.7 Å². The van der Waals surface area contributed by atoms with Crippen LogP contribution in [-0.2, 0) is 10.0 Å². The Balaban J connectivity index is 1.33. The fourth-order valence-corrected chi connectivity index (χ4v) is 5.09. The highest BCUT2D eigenvalue weighted by molar-refractivity contribution is 7.92. The first-order chi connectivity index (χ1) is 18.6. The number of sulfonamides is 1. The van der Waals surface area contributed by atoms with E-state index in [2.05, 4.69) is 10.0 Å². The van der Waals surface area contributed by atoms with Gasteiger partial charge in [0.2, 0.25) is 0 Å². The number of hydrogen-bond acceptors (Lipinski definition) is 7. The molecule has 39 heavy (non-hydrogen) atoms. The Labute approximate surface area is 221 Å². The first-order valence-electron chi connectivity index (χ1n) is 11.4. The molecule has 0 fully saturated rings. The van der Waals surface area contributed by atoms with E-state index in [4.69, 9.17) is 0 Å². The normalized spacial score (nSPS) is 12.7. The number of anilines is 3. The van der Waals surface area contributed by atoms with Crippen molar-refractivity contribution in [3.8, 4) is 0 Å². The van der Waals surface area contributed by atoms with Crippen LogP contribution in [0.2, 0.25) is 0 Å². The third-order valence-corrected chi connectivity index (χ3v) is 7.29. The van der Waals surface area contributed by atoms with E-state index in [-0.39, 0.29) is 44.3 Å². The number of nitrogens with one attached hydrogen (secondary N) is 2. The molecule has 3 amide bonds. The lowest BCUT2D eigenvalue weighted by atomic mass is 10.1. The minimum atomic E-state index is -3.82. The minimum absolute atomic E-state index is 0.0525. The Hall–Kier alpha value is -5.36. The number of fused-ring (bicyclic) bond motifs is 1. The van der Waals surface area contributed by atoms with E-state index in [1.165, 1.54) is 72.8 Å². The van der Waals surface area contributed by atoms with Crippen molar-refractivity contribution in [3.05, 3.63) is 124 Å². The summed E-state index contributed by atoms with van der Waals surface area (Å²) in [6, 6.07) is 22.9. The summed E-state index contributed by atoms with van der Waals surface area (Å²) in [4.78, 5) is 50.1. The van der Waals surface area contributed by atoms with Gasteiger partial charge in [-0.1, -0.05) is 24.3 Å². The molecule has 0 bridgehead atoms. The van der Waals surface area contributed by atoms with E-state index in [9.17, 15) is 32.9 Å². The van der Waals surface area contributed by atoms with Gasteiger partial charge >= 0.3 is 0 Å².